The number of carbonyl (C=O) groups excluding carboxylic acids is 3. The minimum atomic E-state index is -1.05. The fourth-order valence-corrected chi connectivity index (χ4v) is 6.07. The lowest BCUT2D eigenvalue weighted by molar-refractivity contribution is -0.0113. The van der Waals surface area contributed by atoms with Crippen molar-refractivity contribution in [3.05, 3.63) is 64.7 Å². The van der Waals surface area contributed by atoms with Gasteiger partial charge < -0.3 is 29.5 Å². The van der Waals surface area contributed by atoms with Crippen molar-refractivity contribution < 1.29 is 33.7 Å². The summed E-state index contributed by atoms with van der Waals surface area (Å²) >= 11 is 0. The van der Waals surface area contributed by atoms with E-state index in [1.54, 1.807) is 39.0 Å². The summed E-state index contributed by atoms with van der Waals surface area (Å²) in [7, 11) is 0. The van der Waals surface area contributed by atoms with Gasteiger partial charge in [-0.05, 0) is 76.3 Å². The number of aliphatic hydroxyl groups is 1. The summed E-state index contributed by atoms with van der Waals surface area (Å²) in [5, 5.41) is 14.0. The van der Waals surface area contributed by atoms with Crippen molar-refractivity contribution in [3.63, 3.8) is 0 Å². The lowest BCUT2D eigenvalue weighted by Gasteiger charge is -2.40. The van der Waals surface area contributed by atoms with E-state index in [0.29, 0.717) is 44.1 Å². The van der Waals surface area contributed by atoms with Crippen LogP contribution in [0.3, 0.4) is 0 Å². The van der Waals surface area contributed by atoms with Crippen molar-refractivity contribution in [3.8, 4) is 5.75 Å². The number of ether oxygens (including phenoxy) is 3. The van der Waals surface area contributed by atoms with E-state index in [9.17, 15) is 19.5 Å². The van der Waals surface area contributed by atoms with Crippen molar-refractivity contribution >= 4 is 17.9 Å². The van der Waals surface area contributed by atoms with Gasteiger partial charge in [0, 0.05) is 18.7 Å². The van der Waals surface area contributed by atoms with E-state index in [1.807, 2.05) is 36.1 Å². The number of rotatable bonds is 7. The molecule has 3 aliphatic heterocycles. The van der Waals surface area contributed by atoms with Gasteiger partial charge in [-0.15, -0.1) is 0 Å². The van der Waals surface area contributed by atoms with Crippen molar-refractivity contribution in [1.29, 1.82) is 0 Å². The van der Waals surface area contributed by atoms with E-state index >= 15 is 0 Å². The minimum absolute atomic E-state index is 0.0725. The maximum atomic E-state index is 13.4. The maximum absolute atomic E-state index is 13.4. The minimum Gasteiger partial charge on any atom is -0.493 e. The fraction of sp³-hybridized carbons (Fsp3) is 0.531. The first-order chi connectivity index (χ1) is 20.1. The number of hydrogen-bond acceptors (Lipinski definition) is 7. The Labute approximate surface area is 246 Å². The van der Waals surface area contributed by atoms with Crippen LogP contribution in [-0.4, -0.2) is 89.0 Å². The number of fused-ring (bicyclic) bond motifs is 3. The van der Waals surface area contributed by atoms with Crippen LogP contribution in [0.25, 0.3) is 0 Å². The molecule has 2 N–H and O–H groups in total. The van der Waals surface area contributed by atoms with Crippen LogP contribution >= 0.6 is 0 Å². The molecule has 4 atom stereocenters. The number of amides is 3. The van der Waals surface area contributed by atoms with E-state index in [1.165, 1.54) is 4.90 Å². The van der Waals surface area contributed by atoms with Gasteiger partial charge in [0.15, 0.2) is 0 Å². The van der Waals surface area contributed by atoms with Crippen LogP contribution in [0.5, 0.6) is 5.75 Å². The Bertz CT molecular complexity index is 1310. The molecule has 0 radical (unpaired) electrons. The zero-order valence-corrected chi connectivity index (χ0v) is 24.8. The Morgan fingerprint density at radius 2 is 1.76 bits per heavy atom. The molecule has 10 nitrogen and oxygen atoms in total. The highest BCUT2D eigenvalue weighted by Crippen LogP contribution is 2.32. The SMILES string of the molecule is CCOc1cc(C(=O)N2C3CCC2COC3)ccc1C(=O)NCC(O)[C@@H]1Cc2ccccc2CN1C(=O)OC(C)(C)C. The molecule has 3 unspecified atom stereocenters. The molecular formula is C32H41N3O7. The molecule has 2 aromatic rings. The molecule has 0 saturated carbocycles. The Hall–Kier alpha value is -3.63. The number of hydrogen-bond donors (Lipinski definition) is 2. The average molecular weight is 580 g/mol. The number of aliphatic hydroxyl groups excluding tert-OH is 1. The normalized spacial score (nSPS) is 22.3. The van der Waals surface area contributed by atoms with Crippen LogP contribution in [0.15, 0.2) is 42.5 Å². The summed E-state index contributed by atoms with van der Waals surface area (Å²) < 4.78 is 17.0. The van der Waals surface area contributed by atoms with Gasteiger partial charge >= 0.3 is 6.09 Å². The highest BCUT2D eigenvalue weighted by molar-refractivity contribution is 6.00. The van der Waals surface area contributed by atoms with E-state index in [2.05, 4.69) is 5.32 Å². The third-order valence-electron chi connectivity index (χ3n) is 8.08. The molecule has 3 amide bonds. The van der Waals surface area contributed by atoms with Gasteiger partial charge in [0.05, 0.1) is 49.6 Å². The zero-order valence-electron chi connectivity index (χ0n) is 24.8. The van der Waals surface area contributed by atoms with Crippen molar-refractivity contribution in [2.24, 2.45) is 0 Å². The second-order valence-electron chi connectivity index (χ2n) is 12.2. The highest BCUT2D eigenvalue weighted by atomic mass is 16.6. The quantitative estimate of drug-likeness (QED) is 0.515. The molecule has 0 aromatic heterocycles. The summed E-state index contributed by atoms with van der Waals surface area (Å²) in [6.07, 6.45) is 0.713. The van der Waals surface area contributed by atoms with E-state index in [4.69, 9.17) is 14.2 Å². The molecule has 2 saturated heterocycles. The van der Waals surface area contributed by atoms with Crippen LogP contribution in [-0.2, 0) is 22.4 Å². The molecule has 3 aliphatic rings. The van der Waals surface area contributed by atoms with Gasteiger partial charge in [0.2, 0.25) is 0 Å². The summed E-state index contributed by atoms with van der Waals surface area (Å²) in [5.41, 5.74) is 2.07. The van der Waals surface area contributed by atoms with Crippen LogP contribution in [0, 0.1) is 0 Å². The lowest BCUT2D eigenvalue weighted by atomic mass is 9.91. The monoisotopic (exact) mass is 579 g/mol. The number of benzene rings is 2. The van der Waals surface area contributed by atoms with Crippen molar-refractivity contribution in [2.75, 3.05) is 26.4 Å². The Morgan fingerprint density at radius 1 is 1.07 bits per heavy atom. The van der Waals surface area contributed by atoms with E-state index in [0.717, 1.165) is 24.0 Å². The predicted molar refractivity (Wildman–Crippen MR) is 155 cm³/mol. The average Bonchev–Trinajstić information content (AvgIpc) is 3.21. The topological polar surface area (TPSA) is 118 Å². The fourth-order valence-electron chi connectivity index (χ4n) is 6.07. The predicted octanol–water partition coefficient (Wildman–Crippen LogP) is 3.54. The number of nitrogens with zero attached hydrogens (tertiary/aromatic N) is 2. The summed E-state index contributed by atoms with van der Waals surface area (Å²) in [6.45, 7) is 8.83. The van der Waals surface area contributed by atoms with E-state index < -0.39 is 29.7 Å². The molecule has 0 aliphatic carbocycles. The van der Waals surface area contributed by atoms with Crippen molar-refractivity contribution in [2.45, 2.75) is 83.3 Å². The largest absolute Gasteiger partial charge is 0.493 e. The highest BCUT2D eigenvalue weighted by Gasteiger charge is 2.41. The number of carbonyl (C=O) groups is 3. The molecule has 42 heavy (non-hydrogen) atoms. The van der Waals surface area contributed by atoms with E-state index in [-0.39, 0.29) is 30.1 Å². The maximum Gasteiger partial charge on any atom is 0.410 e. The van der Waals surface area contributed by atoms with Crippen LogP contribution in [0.2, 0.25) is 0 Å². The molecule has 226 valence electrons. The second-order valence-corrected chi connectivity index (χ2v) is 12.2. The second kappa shape index (κ2) is 12.3. The van der Waals surface area contributed by atoms with Gasteiger partial charge in [0.25, 0.3) is 11.8 Å². The lowest BCUT2D eigenvalue weighted by Crippen LogP contribution is -2.54. The third kappa shape index (κ3) is 6.39. The first kappa shape index (κ1) is 29.8. The Balaban J connectivity index is 1.29. The molecule has 2 fully saturated rings. The van der Waals surface area contributed by atoms with Crippen molar-refractivity contribution in [1.82, 2.24) is 15.1 Å². The van der Waals surface area contributed by atoms with Crippen LogP contribution in [0.4, 0.5) is 4.79 Å². The Morgan fingerprint density at radius 3 is 2.43 bits per heavy atom. The van der Waals surface area contributed by atoms with Crippen LogP contribution in [0.1, 0.15) is 72.4 Å². The molecule has 5 rings (SSSR count). The molecule has 0 spiro atoms. The van der Waals surface area contributed by atoms with Gasteiger partial charge in [-0.2, -0.15) is 0 Å². The molecule has 2 aromatic carbocycles. The summed E-state index contributed by atoms with van der Waals surface area (Å²) in [5.74, 6) is -0.227. The van der Waals surface area contributed by atoms with Gasteiger partial charge in [0.1, 0.15) is 11.4 Å². The summed E-state index contributed by atoms with van der Waals surface area (Å²) in [6, 6.07) is 12.2. The number of morpholine rings is 1. The first-order valence-corrected chi connectivity index (χ1v) is 14.8. The van der Waals surface area contributed by atoms with Gasteiger partial charge in [-0.25, -0.2) is 4.79 Å². The third-order valence-corrected chi connectivity index (χ3v) is 8.08. The Kier molecular flexibility index (Phi) is 8.75. The smallest absolute Gasteiger partial charge is 0.410 e. The molecular weight excluding hydrogens is 538 g/mol. The van der Waals surface area contributed by atoms with Gasteiger partial charge in [-0.3, -0.25) is 14.5 Å². The summed E-state index contributed by atoms with van der Waals surface area (Å²) in [4.78, 5) is 43.2. The number of nitrogens with one attached hydrogen (secondary N) is 1. The molecule has 3 heterocycles. The standard InChI is InChI=1S/C32H41N3O7/c1-5-41-28-15-21(30(38)35-23-11-12-24(35)19-40-18-23)10-13-25(28)29(37)33-16-27(36)26-14-20-8-6-7-9-22(20)17-34(26)31(39)42-32(2,3)4/h6-10,13,15,23-24,26-27,36H,5,11-12,14,16-19H2,1-4H3,(H,33,37)/t23?,24?,26-,27?/m0/s1. The first-order valence-electron chi connectivity index (χ1n) is 14.8. The molecule has 2 bridgehead atoms. The van der Waals surface area contributed by atoms with Gasteiger partial charge in [-0.1, -0.05) is 24.3 Å². The van der Waals surface area contributed by atoms with Crippen LogP contribution < -0.4 is 10.1 Å². The zero-order chi connectivity index (χ0) is 30.0. The molecule has 10 heteroatoms.